The SMILES string of the molecule is CO.CO.COc1cccc(/C=N/Nc2nc3ccccc3s2)c1[O-].COc1cccc(/C=N/Nc2nc3ccccc3s2)c1[O-].O=[N+]([O-])[O-].O=[N+]([O-])[O-].O=[N+]([O-])[O-].O=[N+]([O-])[O-].[Dy+3].[Dy+3]. The van der Waals surface area contributed by atoms with Crippen LogP contribution in [0.3, 0.4) is 0 Å². The van der Waals surface area contributed by atoms with E-state index in [9.17, 15) is 10.2 Å². The molecule has 0 saturated carbocycles. The van der Waals surface area contributed by atoms with Crippen LogP contribution in [0.4, 0.5) is 10.3 Å². The molecule has 64 heavy (non-hydrogen) atoms. The first-order valence-corrected chi connectivity index (χ1v) is 17.2. The molecule has 6 aromatic rings. The average Bonchev–Trinajstić information content (AvgIpc) is 3.84. The molecule has 0 unspecified atom stereocenters. The Morgan fingerprint density at radius 2 is 0.812 bits per heavy atom. The Kier molecular flexibility index (Phi) is 39.1. The zero-order chi connectivity index (χ0) is 47.6. The number of aliphatic hydroxyl groups excluding tert-OH is 2. The number of benzene rings is 4. The van der Waals surface area contributed by atoms with E-state index in [4.69, 9.17) is 81.0 Å². The molecule has 0 atom stereocenters. The Bertz CT molecular complexity index is 2060. The molecule has 4 aromatic carbocycles. The van der Waals surface area contributed by atoms with E-state index < -0.39 is 20.3 Å². The molecule has 2 heterocycles. The number of methoxy groups -OCH3 is 2. The van der Waals surface area contributed by atoms with Crippen LogP contribution in [0.5, 0.6) is 23.0 Å². The van der Waals surface area contributed by atoms with E-state index in [1.165, 1.54) is 49.3 Å². The van der Waals surface area contributed by atoms with E-state index in [-0.39, 0.29) is 87.8 Å². The monoisotopic (exact) mass is 1240 g/mol. The minimum atomic E-state index is -1.75. The predicted octanol–water partition coefficient (Wildman–Crippen LogP) is 3.91. The van der Waals surface area contributed by atoms with E-state index in [2.05, 4.69) is 31.0 Å². The van der Waals surface area contributed by atoms with Crippen molar-refractivity contribution >= 4 is 65.8 Å². The van der Waals surface area contributed by atoms with Gasteiger partial charge < -0.3 is 91.2 Å². The summed E-state index contributed by atoms with van der Waals surface area (Å²) in [6.07, 6.45) is 2.94. The van der Waals surface area contributed by atoms with Crippen LogP contribution in [0.1, 0.15) is 11.1 Å². The Morgan fingerprint density at radius 1 is 0.531 bits per heavy atom. The maximum absolute atomic E-state index is 11.9. The number of thiazole rings is 2. The minimum absolute atomic E-state index is 0. The number of hydrazone groups is 2. The Balaban J connectivity index is -0.000000391. The first-order valence-electron chi connectivity index (χ1n) is 15.6. The van der Waals surface area contributed by atoms with E-state index in [1.807, 2.05) is 48.5 Å². The van der Waals surface area contributed by atoms with Crippen LogP contribution in [0.2, 0.25) is 0 Å². The fourth-order valence-electron chi connectivity index (χ4n) is 3.74. The fraction of sp³-hybridized carbons (Fsp3) is 0.125. The quantitative estimate of drug-likeness (QED) is 0.0953. The molecular formula is C32H32Dy2N10O18S2. The van der Waals surface area contributed by atoms with Crippen molar-refractivity contribution in [2.45, 2.75) is 0 Å². The van der Waals surface area contributed by atoms with Crippen molar-refractivity contribution in [2.24, 2.45) is 10.2 Å². The van der Waals surface area contributed by atoms with Gasteiger partial charge in [0.2, 0.25) is 10.3 Å². The maximum atomic E-state index is 11.9. The molecule has 0 bridgehead atoms. The summed E-state index contributed by atoms with van der Waals surface area (Å²) < 4.78 is 12.1. The van der Waals surface area contributed by atoms with Crippen LogP contribution >= 0.6 is 22.7 Å². The van der Waals surface area contributed by atoms with Crippen molar-refractivity contribution in [1.82, 2.24) is 9.97 Å². The molecule has 2 radical (unpaired) electrons. The Morgan fingerprint density at radius 3 is 1.08 bits per heavy atom. The number of hydrogen-bond donors (Lipinski definition) is 4. The van der Waals surface area contributed by atoms with Crippen LogP contribution in [0.15, 0.2) is 95.1 Å². The molecule has 28 nitrogen and oxygen atoms in total. The average molecular weight is 1230 g/mol. The van der Waals surface area contributed by atoms with E-state index in [1.54, 1.807) is 36.4 Å². The summed E-state index contributed by atoms with van der Waals surface area (Å²) in [6, 6.07) is 25.8. The van der Waals surface area contributed by atoms with Gasteiger partial charge in [0.1, 0.15) is 11.5 Å². The molecule has 0 spiro atoms. The molecule has 0 aliphatic carbocycles. The van der Waals surface area contributed by atoms with Gasteiger partial charge >= 0.3 is 76.3 Å². The zero-order valence-corrected chi connectivity index (χ0v) is 38.4. The first-order chi connectivity index (χ1) is 29.5. The van der Waals surface area contributed by atoms with Crippen molar-refractivity contribution in [3.63, 3.8) is 0 Å². The third-order valence-electron chi connectivity index (χ3n) is 5.77. The number of ether oxygens (including phenoxy) is 2. The molecule has 0 saturated heterocycles. The third kappa shape index (κ3) is 29.4. The van der Waals surface area contributed by atoms with Gasteiger partial charge in [-0.2, -0.15) is 10.2 Å². The van der Waals surface area contributed by atoms with Gasteiger partial charge in [0.05, 0.1) is 67.4 Å². The number of rotatable bonds is 8. The van der Waals surface area contributed by atoms with Crippen molar-refractivity contribution in [1.29, 1.82) is 0 Å². The molecule has 0 amide bonds. The smallest absolute Gasteiger partial charge is 0.870 e. The summed E-state index contributed by atoms with van der Waals surface area (Å²) in [5.74, 6) is 0.238. The molecule has 0 fully saturated rings. The van der Waals surface area contributed by atoms with Crippen molar-refractivity contribution in [3.8, 4) is 23.0 Å². The zero-order valence-electron chi connectivity index (χ0n) is 32.7. The minimum Gasteiger partial charge on any atom is -0.870 e. The molecule has 6 rings (SSSR count). The third-order valence-corrected chi connectivity index (χ3v) is 7.66. The van der Waals surface area contributed by atoms with Gasteiger partial charge in [-0.15, -0.1) is 0 Å². The van der Waals surface area contributed by atoms with Crippen molar-refractivity contribution in [2.75, 3.05) is 39.3 Å². The van der Waals surface area contributed by atoms with Crippen LogP contribution in [-0.2, 0) is 0 Å². The van der Waals surface area contributed by atoms with Crippen LogP contribution in [0, 0.1) is 138 Å². The predicted molar refractivity (Wildman–Crippen MR) is 224 cm³/mol. The van der Waals surface area contributed by atoms with Crippen LogP contribution in [0.25, 0.3) is 20.4 Å². The molecule has 350 valence electrons. The van der Waals surface area contributed by atoms with Gasteiger partial charge in [-0.3, -0.25) is 10.9 Å². The second-order valence-electron chi connectivity index (χ2n) is 9.37. The normalized spacial score (nSPS) is 8.97. The molecule has 2 aromatic heterocycles. The van der Waals surface area contributed by atoms with E-state index in [0.717, 1.165) is 34.7 Å². The summed E-state index contributed by atoms with van der Waals surface area (Å²) >= 11 is 3.01. The van der Waals surface area contributed by atoms with Crippen molar-refractivity contribution in [3.05, 3.63) is 157 Å². The number of hydrogen-bond acceptors (Lipinski definition) is 26. The molecular weight excluding hydrogens is 1200 g/mol. The molecule has 4 N–H and O–H groups in total. The number of anilines is 2. The van der Waals surface area contributed by atoms with Gasteiger partial charge in [0.15, 0.2) is 0 Å². The summed E-state index contributed by atoms with van der Waals surface area (Å²) in [5.41, 5.74) is 8.46. The van der Waals surface area contributed by atoms with Gasteiger partial charge in [-0.25, -0.2) is 9.97 Å². The number of fused-ring (bicyclic) bond motifs is 2. The van der Waals surface area contributed by atoms with Gasteiger partial charge in [0.25, 0.3) is 0 Å². The molecule has 0 aliphatic rings. The Labute approximate surface area is 428 Å². The topological polar surface area (TPSA) is 444 Å². The van der Waals surface area contributed by atoms with Crippen LogP contribution < -0.4 is 30.5 Å². The van der Waals surface area contributed by atoms with E-state index >= 15 is 0 Å². The summed E-state index contributed by atoms with van der Waals surface area (Å²) in [5, 5.41) is 106. The van der Waals surface area contributed by atoms with Gasteiger partial charge in [-0.05, 0) is 47.5 Å². The van der Waals surface area contributed by atoms with Crippen LogP contribution in [-0.4, -0.2) is 81.4 Å². The Hall–Kier alpha value is -5.93. The fourth-order valence-corrected chi connectivity index (χ4v) is 5.38. The van der Waals surface area contributed by atoms with Gasteiger partial charge in [0, 0.05) is 14.2 Å². The summed E-state index contributed by atoms with van der Waals surface area (Å²) in [6.45, 7) is 0. The number of aromatic nitrogens is 2. The second kappa shape index (κ2) is 38.7. The number of aliphatic hydroxyl groups is 2. The summed E-state index contributed by atoms with van der Waals surface area (Å²) in [7, 11) is 4.94. The van der Waals surface area contributed by atoms with Crippen molar-refractivity contribution < 1.29 is 127 Å². The standard InChI is InChI=1S/2C15H13N3O2S.2CH4O.2Dy.4NO3/c2*1-20-12-7-4-5-10(14(12)19)9-16-18-15-17-11-6-2-3-8-13(11)21-15;2*1-2;;;4*2-1(3)4/h2*2-9,19H,1H3,(H,17,18);2*2H,1H3;;;;;;/q;;;;2*+3;4*-1/p-2/b2*16-9+;;;;;;;;. The maximum Gasteiger partial charge on any atom is 3.00 e. The van der Waals surface area contributed by atoms with E-state index in [0.29, 0.717) is 32.9 Å². The van der Waals surface area contributed by atoms with Gasteiger partial charge in [-0.1, -0.05) is 82.7 Å². The number of nitrogens with zero attached hydrogens (tertiary/aromatic N) is 8. The number of nitrogens with one attached hydrogen (secondary N) is 2. The molecule has 0 aliphatic heterocycles. The number of para-hydroxylation sites is 4. The molecule has 32 heteroatoms. The summed E-state index contributed by atoms with van der Waals surface area (Å²) in [4.78, 5) is 41.8. The second-order valence-corrected chi connectivity index (χ2v) is 11.4. The largest absolute Gasteiger partial charge is 3.00 e. The first kappa shape index (κ1) is 64.7.